The second-order valence-electron chi connectivity index (χ2n) is 3.98. The van der Waals surface area contributed by atoms with Gasteiger partial charge in [-0.15, -0.1) is 0 Å². The van der Waals surface area contributed by atoms with Crippen molar-refractivity contribution in [3.8, 4) is 6.07 Å². The molecule has 1 heterocycles. The molecule has 5 heteroatoms. The Morgan fingerprint density at radius 2 is 2.15 bits per heavy atom. The maximum Gasteiger partial charge on any atom is 0.215 e. The summed E-state index contributed by atoms with van der Waals surface area (Å²) in [6.07, 6.45) is 2.51. The number of nitrogens with zero attached hydrogens (tertiary/aromatic N) is 2. The van der Waals surface area contributed by atoms with Crippen LogP contribution in [0.3, 0.4) is 0 Å². The summed E-state index contributed by atoms with van der Waals surface area (Å²) in [6, 6.07) is 2.13. The van der Waals surface area contributed by atoms with E-state index in [1.807, 2.05) is 0 Å². The summed E-state index contributed by atoms with van der Waals surface area (Å²) >= 11 is 0. The second-order valence-corrected chi connectivity index (χ2v) is 6.07. The Morgan fingerprint density at radius 3 is 2.46 bits per heavy atom. The van der Waals surface area contributed by atoms with Crippen LogP contribution in [0.4, 0.5) is 0 Å². The SMILES string of the molecule is N#CCC1(CN2CCS2(=O)=O)CC1. The van der Waals surface area contributed by atoms with Crippen LogP contribution in [0.2, 0.25) is 0 Å². The van der Waals surface area contributed by atoms with Crippen LogP contribution in [0.1, 0.15) is 19.3 Å². The summed E-state index contributed by atoms with van der Waals surface area (Å²) < 4.78 is 23.9. The summed E-state index contributed by atoms with van der Waals surface area (Å²) in [5.41, 5.74) is 0.0161. The van der Waals surface area contributed by atoms with Gasteiger partial charge in [-0.1, -0.05) is 0 Å². The van der Waals surface area contributed by atoms with Gasteiger partial charge in [0.15, 0.2) is 0 Å². The fourth-order valence-electron chi connectivity index (χ4n) is 1.66. The van der Waals surface area contributed by atoms with Gasteiger partial charge in [0.1, 0.15) is 0 Å². The van der Waals surface area contributed by atoms with Gasteiger partial charge >= 0.3 is 0 Å². The molecule has 2 fully saturated rings. The quantitative estimate of drug-likeness (QED) is 0.659. The van der Waals surface area contributed by atoms with Crippen LogP contribution in [-0.4, -0.2) is 31.6 Å². The minimum atomic E-state index is -2.91. The van der Waals surface area contributed by atoms with E-state index < -0.39 is 10.0 Å². The predicted octanol–water partition coefficient (Wildman–Crippen LogP) is 0.326. The van der Waals surface area contributed by atoms with E-state index in [4.69, 9.17) is 5.26 Å². The molecule has 2 rings (SSSR count). The molecule has 0 spiro atoms. The van der Waals surface area contributed by atoms with E-state index in [1.54, 1.807) is 0 Å². The van der Waals surface area contributed by atoms with E-state index in [1.165, 1.54) is 4.31 Å². The normalized spacial score (nSPS) is 28.8. The van der Waals surface area contributed by atoms with E-state index in [2.05, 4.69) is 6.07 Å². The Hall–Kier alpha value is -0.600. The van der Waals surface area contributed by atoms with Crippen molar-refractivity contribution >= 4 is 10.0 Å². The first-order chi connectivity index (χ1) is 6.08. The molecule has 0 aromatic heterocycles. The monoisotopic (exact) mass is 200 g/mol. The summed E-state index contributed by atoms with van der Waals surface area (Å²) in [5.74, 6) is 0.287. The van der Waals surface area contributed by atoms with Gasteiger partial charge < -0.3 is 0 Å². The number of rotatable bonds is 3. The van der Waals surface area contributed by atoms with Gasteiger partial charge in [0, 0.05) is 19.5 Å². The summed E-state index contributed by atoms with van der Waals surface area (Å²) in [5, 5.41) is 8.56. The molecular formula is C8H12N2O2S. The Kier molecular flexibility index (Phi) is 1.86. The van der Waals surface area contributed by atoms with Crippen molar-refractivity contribution in [1.29, 1.82) is 5.26 Å². The van der Waals surface area contributed by atoms with Crippen molar-refractivity contribution in [1.82, 2.24) is 4.31 Å². The van der Waals surface area contributed by atoms with E-state index in [-0.39, 0.29) is 11.2 Å². The lowest BCUT2D eigenvalue weighted by Gasteiger charge is -2.32. The van der Waals surface area contributed by atoms with Crippen LogP contribution in [-0.2, 0) is 10.0 Å². The van der Waals surface area contributed by atoms with Crippen molar-refractivity contribution in [3.63, 3.8) is 0 Å². The molecular weight excluding hydrogens is 188 g/mol. The lowest BCUT2D eigenvalue weighted by molar-refractivity contribution is 0.312. The van der Waals surface area contributed by atoms with Gasteiger partial charge in [0.25, 0.3) is 0 Å². The third-order valence-corrected chi connectivity index (χ3v) is 4.71. The molecule has 72 valence electrons. The van der Waals surface area contributed by atoms with Gasteiger partial charge in [-0.3, -0.25) is 0 Å². The van der Waals surface area contributed by atoms with Crippen LogP contribution in [0.15, 0.2) is 0 Å². The molecule has 0 aromatic carbocycles. The van der Waals surface area contributed by atoms with Crippen LogP contribution in [0.25, 0.3) is 0 Å². The van der Waals surface area contributed by atoms with E-state index in [0.29, 0.717) is 19.5 Å². The standard InChI is InChI=1S/C8H12N2O2S/c9-4-3-8(1-2-8)7-10-5-6-13(10,11)12/h1-3,5-7H2. The first-order valence-corrected chi connectivity index (χ1v) is 6.04. The first kappa shape index (κ1) is 8.97. The Morgan fingerprint density at radius 1 is 1.46 bits per heavy atom. The molecule has 0 aromatic rings. The fourth-order valence-corrected chi connectivity index (χ4v) is 2.87. The second kappa shape index (κ2) is 2.69. The van der Waals surface area contributed by atoms with Crippen molar-refractivity contribution in [2.45, 2.75) is 19.3 Å². The number of sulfonamides is 1. The van der Waals surface area contributed by atoms with E-state index >= 15 is 0 Å². The van der Waals surface area contributed by atoms with Gasteiger partial charge in [-0.2, -0.15) is 5.26 Å². The maximum atomic E-state index is 11.2. The lowest BCUT2D eigenvalue weighted by Crippen LogP contribution is -2.49. The van der Waals surface area contributed by atoms with E-state index in [0.717, 1.165) is 12.8 Å². The first-order valence-electron chi connectivity index (χ1n) is 4.43. The van der Waals surface area contributed by atoms with Crippen molar-refractivity contribution < 1.29 is 8.42 Å². The molecule has 0 N–H and O–H groups in total. The average Bonchev–Trinajstić information content (AvgIpc) is 2.81. The third-order valence-electron chi connectivity index (χ3n) is 2.91. The Labute approximate surface area is 78.2 Å². The highest BCUT2D eigenvalue weighted by molar-refractivity contribution is 7.90. The topological polar surface area (TPSA) is 61.2 Å². The van der Waals surface area contributed by atoms with E-state index in [9.17, 15) is 8.42 Å². The summed E-state index contributed by atoms with van der Waals surface area (Å²) in [4.78, 5) is 0. The van der Waals surface area contributed by atoms with Crippen LogP contribution in [0, 0.1) is 16.7 Å². The molecule has 1 saturated heterocycles. The number of nitriles is 1. The molecule has 0 unspecified atom stereocenters. The highest BCUT2D eigenvalue weighted by Crippen LogP contribution is 2.49. The Bertz CT molecular complexity index is 351. The molecule has 0 atom stereocenters. The zero-order valence-electron chi connectivity index (χ0n) is 7.36. The maximum absolute atomic E-state index is 11.2. The minimum absolute atomic E-state index is 0.0161. The molecule has 0 radical (unpaired) electrons. The van der Waals surface area contributed by atoms with Gasteiger partial charge in [0.05, 0.1) is 11.8 Å². The van der Waals surface area contributed by atoms with Crippen LogP contribution >= 0.6 is 0 Å². The number of hydrogen-bond acceptors (Lipinski definition) is 3. The lowest BCUT2D eigenvalue weighted by atomic mass is 10.0. The van der Waals surface area contributed by atoms with Gasteiger partial charge in [-0.05, 0) is 18.3 Å². The third kappa shape index (κ3) is 1.56. The molecule has 1 aliphatic carbocycles. The zero-order chi connectivity index (χ0) is 9.53. The average molecular weight is 200 g/mol. The van der Waals surface area contributed by atoms with Gasteiger partial charge in [0.2, 0.25) is 10.0 Å². The van der Waals surface area contributed by atoms with Crippen LogP contribution in [0.5, 0.6) is 0 Å². The highest BCUT2D eigenvalue weighted by atomic mass is 32.2. The molecule has 4 nitrogen and oxygen atoms in total. The Balaban J connectivity index is 1.96. The van der Waals surface area contributed by atoms with Crippen molar-refractivity contribution in [2.75, 3.05) is 18.8 Å². The molecule has 1 aliphatic heterocycles. The number of hydrogen-bond donors (Lipinski definition) is 0. The summed E-state index contributed by atoms with van der Waals surface area (Å²) in [6.45, 7) is 1.22. The van der Waals surface area contributed by atoms with Crippen LogP contribution < -0.4 is 0 Å². The molecule has 2 aliphatic rings. The van der Waals surface area contributed by atoms with Crippen molar-refractivity contribution in [3.05, 3.63) is 0 Å². The zero-order valence-corrected chi connectivity index (χ0v) is 8.18. The van der Waals surface area contributed by atoms with Gasteiger partial charge in [-0.25, -0.2) is 12.7 Å². The minimum Gasteiger partial charge on any atom is -0.212 e. The smallest absolute Gasteiger partial charge is 0.212 e. The fraction of sp³-hybridized carbons (Fsp3) is 0.875. The molecule has 0 amide bonds. The molecule has 1 saturated carbocycles. The molecule has 13 heavy (non-hydrogen) atoms. The summed E-state index contributed by atoms with van der Waals surface area (Å²) in [7, 11) is -2.91. The van der Waals surface area contributed by atoms with Crippen molar-refractivity contribution in [2.24, 2.45) is 5.41 Å². The predicted molar refractivity (Wildman–Crippen MR) is 47.3 cm³/mol. The largest absolute Gasteiger partial charge is 0.215 e. The highest BCUT2D eigenvalue weighted by Gasteiger charge is 2.47. The molecule has 0 bridgehead atoms.